The van der Waals surface area contributed by atoms with Crippen LogP contribution in [0.5, 0.6) is 0 Å². The first-order chi connectivity index (χ1) is 8.78. The lowest BCUT2D eigenvalue weighted by Gasteiger charge is -2.20. The largest absolute Gasteiger partial charge is 0.396 e. The first kappa shape index (κ1) is 15.8. The van der Waals surface area contributed by atoms with Crippen molar-refractivity contribution < 1.29 is 22.3 Å². The van der Waals surface area contributed by atoms with Gasteiger partial charge >= 0.3 is 5.76 Å². The van der Waals surface area contributed by atoms with Crippen LogP contribution < -0.4 is 5.32 Å². The number of benzene rings is 1. The summed E-state index contributed by atoms with van der Waals surface area (Å²) in [7, 11) is -4.54. The molecule has 0 spiro atoms. The number of aliphatic hydroxyl groups is 1. The van der Waals surface area contributed by atoms with Gasteiger partial charge in [0.1, 0.15) is 0 Å². The summed E-state index contributed by atoms with van der Waals surface area (Å²) in [6.45, 7) is 3.74. The van der Waals surface area contributed by atoms with Crippen LogP contribution in [0.2, 0.25) is 0 Å². The van der Waals surface area contributed by atoms with E-state index in [0.29, 0.717) is 5.69 Å². The minimum Gasteiger partial charge on any atom is -0.396 e. The van der Waals surface area contributed by atoms with Gasteiger partial charge in [-0.1, -0.05) is 6.92 Å². The Kier molecular flexibility index (Phi) is 5.25. The molecule has 0 amide bonds. The smallest absolute Gasteiger partial charge is 0.341 e. The summed E-state index contributed by atoms with van der Waals surface area (Å²) in [5.74, 6) is -3.40. The van der Waals surface area contributed by atoms with E-state index in [2.05, 4.69) is 5.32 Å². The van der Waals surface area contributed by atoms with E-state index in [4.69, 9.17) is 5.11 Å². The lowest BCUT2D eigenvalue weighted by molar-refractivity contribution is 0.226. The van der Waals surface area contributed by atoms with Crippen LogP contribution in [0.1, 0.15) is 13.8 Å². The maximum atomic E-state index is 12.3. The Morgan fingerprint density at radius 2 is 1.74 bits per heavy atom. The number of anilines is 1. The van der Waals surface area contributed by atoms with Crippen LogP contribution in [-0.2, 0) is 9.84 Å². The van der Waals surface area contributed by atoms with Gasteiger partial charge in [-0.15, -0.1) is 0 Å². The maximum absolute atomic E-state index is 12.3. The molecule has 0 saturated carbocycles. The monoisotopic (exact) mass is 293 g/mol. The van der Waals surface area contributed by atoms with Gasteiger partial charge in [0, 0.05) is 18.3 Å². The normalized spacial score (nSPS) is 15.3. The average molecular weight is 293 g/mol. The van der Waals surface area contributed by atoms with Gasteiger partial charge in [0.25, 0.3) is 0 Å². The van der Waals surface area contributed by atoms with E-state index in [1.54, 1.807) is 0 Å². The highest BCUT2D eigenvalue weighted by atomic mass is 32.2. The molecule has 0 aliphatic carbocycles. The first-order valence-electron chi connectivity index (χ1n) is 5.78. The fourth-order valence-electron chi connectivity index (χ4n) is 1.41. The van der Waals surface area contributed by atoms with E-state index < -0.39 is 20.5 Å². The topological polar surface area (TPSA) is 66.4 Å². The Balaban J connectivity index is 2.83. The van der Waals surface area contributed by atoms with Gasteiger partial charge in [-0.2, -0.15) is 8.78 Å². The van der Waals surface area contributed by atoms with Crippen molar-refractivity contribution in [3.63, 3.8) is 0 Å². The molecule has 1 aromatic rings. The van der Waals surface area contributed by atoms with E-state index in [1.807, 2.05) is 13.8 Å². The van der Waals surface area contributed by atoms with Crippen LogP contribution in [0.25, 0.3) is 0 Å². The molecular formula is C12H17F2NO3S. The number of hydrogen-bond donors (Lipinski definition) is 2. The Bertz CT molecular complexity index is 502. The summed E-state index contributed by atoms with van der Waals surface area (Å²) in [5, 5.41) is 12.1. The molecule has 2 unspecified atom stereocenters. The van der Waals surface area contributed by atoms with Gasteiger partial charge in [-0.25, -0.2) is 8.42 Å². The van der Waals surface area contributed by atoms with Crippen LogP contribution in [-0.4, -0.2) is 31.9 Å². The third kappa shape index (κ3) is 3.87. The number of alkyl halides is 2. The van der Waals surface area contributed by atoms with Crippen molar-refractivity contribution in [1.82, 2.24) is 0 Å². The molecule has 0 heterocycles. The molecule has 0 aliphatic rings. The van der Waals surface area contributed by atoms with E-state index in [9.17, 15) is 17.2 Å². The van der Waals surface area contributed by atoms with Crippen LogP contribution in [0, 0.1) is 5.92 Å². The first-order valence-corrected chi connectivity index (χ1v) is 7.33. The Morgan fingerprint density at radius 3 is 2.16 bits per heavy atom. The minimum atomic E-state index is -4.54. The standard InChI is InChI=1S/C12H17F2NO3S/c1-8(7-16)9(2)15-10-3-5-11(6-4-10)19(17,18)12(13)14/h3-6,8-9,12,15-16H,7H2,1-2H3. The number of aliphatic hydroxyl groups excluding tert-OH is 1. The maximum Gasteiger partial charge on any atom is 0.341 e. The van der Waals surface area contributed by atoms with Crippen molar-refractivity contribution in [2.45, 2.75) is 30.5 Å². The zero-order chi connectivity index (χ0) is 14.6. The molecule has 7 heteroatoms. The molecular weight excluding hydrogens is 276 g/mol. The number of rotatable bonds is 6. The van der Waals surface area contributed by atoms with E-state index in [-0.39, 0.29) is 18.6 Å². The molecule has 0 aliphatic heterocycles. The predicted molar refractivity (Wildman–Crippen MR) is 69.0 cm³/mol. The van der Waals surface area contributed by atoms with Crippen LogP contribution in [0.15, 0.2) is 29.2 Å². The molecule has 108 valence electrons. The third-order valence-corrected chi connectivity index (χ3v) is 4.35. The summed E-state index contributed by atoms with van der Waals surface area (Å²) in [4.78, 5) is -0.407. The summed E-state index contributed by atoms with van der Waals surface area (Å²) >= 11 is 0. The molecule has 2 atom stereocenters. The van der Waals surface area contributed by atoms with Crippen LogP contribution >= 0.6 is 0 Å². The molecule has 1 rings (SSSR count). The van der Waals surface area contributed by atoms with Gasteiger partial charge in [0.05, 0.1) is 4.90 Å². The highest BCUT2D eigenvalue weighted by molar-refractivity contribution is 7.91. The summed E-state index contributed by atoms with van der Waals surface area (Å²) in [5.41, 5.74) is 0.612. The van der Waals surface area contributed by atoms with Crippen molar-refractivity contribution in [2.75, 3.05) is 11.9 Å². The molecule has 0 fully saturated rings. The molecule has 4 nitrogen and oxygen atoms in total. The molecule has 2 N–H and O–H groups in total. The van der Waals surface area contributed by atoms with E-state index >= 15 is 0 Å². The fraction of sp³-hybridized carbons (Fsp3) is 0.500. The Morgan fingerprint density at radius 1 is 1.21 bits per heavy atom. The predicted octanol–water partition coefficient (Wildman–Crippen LogP) is 2.11. The van der Waals surface area contributed by atoms with Gasteiger partial charge in [-0.3, -0.25) is 0 Å². The molecule has 19 heavy (non-hydrogen) atoms. The van der Waals surface area contributed by atoms with Gasteiger partial charge in [-0.05, 0) is 37.1 Å². The van der Waals surface area contributed by atoms with Crippen LogP contribution in [0.3, 0.4) is 0 Å². The Labute approximate surface area is 111 Å². The van der Waals surface area contributed by atoms with E-state index in [0.717, 1.165) is 12.1 Å². The van der Waals surface area contributed by atoms with Crippen molar-refractivity contribution in [2.24, 2.45) is 5.92 Å². The van der Waals surface area contributed by atoms with Gasteiger partial charge in [0.2, 0.25) is 9.84 Å². The zero-order valence-corrected chi connectivity index (χ0v) is 11.5. The number of nitrogens with one attached hydrogen (secondary N) is 1. The molecule has 0 radical (unpaired) electrons. The van der Waals surface area contributed by atoms with Gasteiger partial charge in [0.15, 0.2) is 0 Å². The highest BCUT2D eigenvalue weighted by Crippen LogP contribution is 2.21. The SMILES string of the molecule is CC(CO)C(C)Nc1ccc(S(=O)(=O)C(F)F)cc1. The summed E-state index contributed by atoms with van der Waals surface area (Å²) in [6.07, 6.45) is 0. The minimum absolute atomic E-state index is 0.0180. The lowest BCUT2D eigenvalue weighted by Crippen LogP contribution is -2.26. The fourth-order valence-corrected chi connectivity index (χ4v) is 2.13. The molecule has 0 aromatic heterocycles. The van der Waals surface area contributed by atoms with Crippen molar-refractivity contribution in [3.8, 4) is 0 Å². The van der Waals surface area contributed by atoms with Crippen molar-refractivity contribution in [3.05, 3.63) is 24.3 Å². The zero-order valence-electron chi connectivity index (χ0n) is 10.7. The summed E-state index contributed by atoms with van der Waals surface area (Å²) in [6, 6.07) is 5.11. The molecule has 0 bridgehead atoms. The summed E-state index contributed by atoms with van der Waals surface area (Å²) < 4.78 is 47.1. The molecule has 1 aromatic carbocycles. The highest BCUT2D eigenvalue weighted by Gasteiger charge is 2.26. The van der Waals surface area contributed by atoms with Crippen LogP contribution in [0.4, 0.5) is 14.5 Å². The van der Waals surface area contributed by atoms with Gasteiger partial charge < -0.3 is 10.4 Å². The Hall–Kier alpha value is -1.21. The third-order valence-electron chi connectivity index (χ3n) is 2.95. The second kappa shape index (κ2) is 6.29. The number of hydrogen-bond acceptors (Lipinski definition) is 4. The number of halogens is 2. The second-order valence-corrected chi connectivity index (χ2v) is 6.34. The average Bonchev–Trinajstić information content (AvgIpc) is 2.38. The van der Waals surface area contributed by atoms with Crippen molar-refractivity contribution >= 4 is 15.5 Å². The van der Waals surface area contributed by atoms with Crippen molar-refractivity contribution in [1.29, 1.82) is 0 Å². The lowest BCUT2D eigenvalue weighted by atomic mass is 10.1. The molecule has 0 saturated heterocycles. The quantitative estimate of drug-likeness (QED) is 0.843. The second-order valence-electron chi connectivity index (χ2n) is 4.42. The number of sulfone groups is 1. The van der Waals surface area contributed by atoms with E-state index in [1.165, 1.54) is 12.1 Å².